The summed E-state index contributed by atoms with van der Waals surface area (Å²) >= 11 is -2.90. The Morgan fingerprint density at radius 2 is 1.78 bits per heavy atom. The number of amides is 4. The molecule has 2 fully saturated rings. The largest absolute Gasteiger partial charge is 0.535 e. The van der Waals surface area contributed by atoms with Gasteiger partial charge in [0.05, 0.1) is 6.42 Å². The van der Waals surface area contributed by atoms with Gasteiger partial charge in [-0.1, -0.05) is 12.0 Å². The Hall–Kier alpha value is -2.34. The van der Waals surface area contributed by atoms with E-state index in [1.54, 1.807) is 0 Å². The van der Waals surface area contributed by atoms with Gasteiger partial charge in [-0.05, 0) is 6.42 Å². The molecule has 2 saturated heterocycles. The van der Waals surface area contributed by atoms with Crippen molar-refractivity contribution in [3.05, 3.63) is 0 Å². The van der Waals surface area contributed by atoms with Crippen molar-refractivity contribution in [2.75, 3.05) is 0 Å². The second-order valence-corrected chi connectivity index (χ2v) is 5.60. The number of ether oxygens (including phenoxy) is 1. The standard InChI is InChI=1S/C11H12N2O9S/c1-2-11(5-8(16)13(9(11)17)23(19)20)21-10(18)22-12-6(14)3-4-7(12)15/h2-5H2,1H3,(H,19,20). The summed E-state index contributed by atoms with van der Waals surface area (Å²) in [5, 5.41) is 0.217. The lowest BCUT2D eigenvalue weighted by molar-refractivity contribution is -0.182. The third kappa shape index (κ3) is 2.94. The van der Waals surface area contributed by atoms with Crippen LogP contribution in [0.5, 0.6) is 0 Å². The van der Waals surface area contributed by atoms with E-state index in [2.05, 4.69) is 4.84 Å². The van der Waals surface area contributed by atoms with Gasteiger partial charge in [-0.2, -0.15) is 4.31 Å². The Kier molecular flexibility index (Phi) is 4.47. The number of imide groups is 2. The smallest absolute Gasteiger partial charge is 0.415 e. The molecule has 0 aliphatic carbocycles. The SMILES string of the molecule is CCC1(OC(=O)ON2C(=O)CCC2=O)CC(=O)N(S(=O)O)C1=O. The van der Waals surface area contributed by atoms with E-state index in [0.29, 0.717) is 0 Å². The average molecular weight is 348 g/mol. The molecule has 0 bridgehead atoms. The zero-order valence-electron chi connectivity index (χ0n) is 11.8. The molecule has 0 aromatic carbocycles. The van der Waals surface area contributed by atoms with Gasteiger partial charge in [0.15, 0.2) is 0 Å². The van der Waals surface area contributed by atoms with Crippen molar-refractivity contribution in [2.24, 2.45) is 0 Å². The molecule has 2 heterocycles. The van der Waals surface area contributed by atoms with Gasteiger partial charge in [0.1, 0.15) is 0 Å². The molecular weight excluding hydrogens is 336 g/mol. The highest BCUT2D eigenvalue weighted by molar-refractivity contribution is 7.78. The summed E-state index contributed by atoms with van der Waals surface area (Å²) in [6, 6.07) is 0. The fourth-order valence-electron chi connectivity index (χ4n) is 2.19. The molecule has 2 unspecified atom stereocenters. The molecule has 0 spiro atoms. The zero-order chi connectivity index (χ0) is 17.4. The minimum atomic E-state index is -2.90. The monoisotopic (exact) mass is 348 g/mol. The summed E-state index contributed by atoms with van der Waals surface area (Å²) < 4.78 is 24.8. The third-order valence-electron chi connectivity index (χ3n) is 3.42. The van der Waals surface area contributed by atoms with Crippen LogP contribution in [0.3, 0.4) is 0 Å². The normalized spacial score (nSPS) is 26.0. The summed E-state index contributed by atoms with van der Waals surface area (Å²) in [4.78, 5) is 62.6. The number of carbonyl (C=O) groups excluding carboxylic acids is 5. The molecule has 23 heavy (non-hydrogen) atoms. The lowest BCUT2D eigenvalue weighted by Gasteiger charge is -2.24. The third-order valence-corrected chi connectivity index (χ3v) is 4.10. The topological polar surface area (TPSA) is 148 Å². The number of hydrogen-bond donors (Lipinski definition) is 1. The van der Waals surface area contributed by atoms with Gasteiger partial charge in [0.2, 0.25) is 11.5 Å². The fraction of sp³-hybridized carbons (Fsp3) is 0.545. The molecule has 126 valence electrons. The quantitative estimate of drug-likeness (QED) is 0.393. The van der Waals surface area contributed by atoms with E-state index in [0.717, 1.165) is 0 Å². The number of nitrogens with zero attached hydrogens (tertiary/aromatic N) is 2. The zero-order valence-corrected chi connectivity index (χ0v) is 12.7. The molecule has 1 N–H and O–H groups in total. The van der Waals surface area contributed by atoms with Gasteiger partial charge in [-0.3, -0.25) is 28.6 Å². The first kappa shape index (κ1) is 17.0. The van der Waals surface area contributed by atoms with Gasteiger partial charge < -0.3 is 4.74 Å². The highest BCUT2D eigenvalue weighted by atomic mass is 32.2. The van der Waals surface area contributed by atoms with Crippen molar-refractivity contribution in [1.82, 2.24) is 9.37 Å². The number of rotatable bonds is 4. The van der Waals surface area contributed by atoms with Crippen LogP contribution in [-0.2, 0) is 40.0 Å². The minimum Gasteiger partial charge on any atom is -0.415 e. The van der Waals surface area contributed by atoms with Crippen molar-refractivity contribution >= 4 is 41.1 Å². The molecular formula is C11H12N2O9S. The molecule has 12 heteroatoms. The highest BCUT2D eigenvalue weighted by Gasteiger charge is 2.56. The molecule has 0 radical (unpaired) electrons. The van der Waals surface area contributed by atoms with E-state index < -0.39 is 53.1 Å². The van der Waals surface area contributed by atoms with Crippen molar-refractivity contribution in [3.8, 4) is 0 Å². The average Bonchev–Trinajstić information content (AvgIpc) is 2.90. The van der Waals surface area contributed by atoms with Crippen molar-refractivity contribution < 1.29 is 42.3 Å². The number of hydroxylamine groups is 2. The predicted octanol–water partition coefficient (Wildman–Crippen LogP) is -0.752. The van der Waals surface area contributed by atoms with Gasteiger partial charge in [-0.25, -0.2) is 9.00 Å². The second kappa shape index (κ2) is 6.04. The van der Waals surface area contributed by atoms with Gasteiger partial charge >= 0.3 is 6.16 Å². The van der Waals surface area contributed by atoms with Crippen LogP contribution in [0.2, 0.25) is 0 Å². The summed E-state index contributed by atoms with van der Waals surface area (Å²) in [5.74, 6) is -3.67. The van der Waals surface area contributed by atoms with Crippen molar-refractivity contribution in [3.63, 3.8) is 0 Å². The maximum atomic E-state index is 12.1. The molecule has 0 aromatic rings. The highest BCUT2D eigenvalue weighted by Crippen LogP contribution is 2.32. The first-order valence-corrected chi connectivity index (χ1v) is 7.53. The maximum Gasteiger partial charge on any atom is 0.535 e. The summed E-state index contributed by atoms with van der Waals surface area (Å²) in [6.07, 6.45) is -2.62. The van der Waals surface area contributed by atoms with Crippen LogP contribution in [-0.4, -0.2) is 53.5 Å². The van der Waals surface area contributed by atoms with E-state index in [9.17, 15) is 28.2 Å². The summed E-state index contributed by atoms with van der Waals surface area (Å²) in [7, 11) is 0. The Bertz CT molecular complexity index is 617. The van der Waals surface area contributed by atoms with E-state index in [4.69, 9.17) is 9.29 Å². The van der Waals surface area contributed by atoms with E-state index >= 15 is 0 Å². The van der Waals surface area contributed by atoms with Crippen LogP contribution in [0.15, 0.2) is 0 Å². The Morgan fingerprint density at radius 1 is 1.22 bits per heavy atom. The van der Waals surface area contributed by atoms with Crippen LogP contribution in [0, 0.1) is 0 Å². The number of carbonyl (C=O) groups is 5. The minimum absolute atomic E-state index is 0.0585. The van der Waals surface area contributed by atoms with Gasteiger partial charge in [0, 0.05) is 12.8 Å². The Labute approximate surface area is 131 Å². The van der Waals surface area contributed by atoms with Crippen LogP contribution < -0.4 is 0 Å². The van der Waals surface area contributed by atoms with Crippen molar-refractivity contribution in [1.29, 1.82) is 0 Å². The van der Waals surface area contributed by atoms with Crippen molar-refractivity contribution in [2.45, 2.75) is 38.2 Å². The fourth-order valence-corrected chi connectivity index (χ4v) is 2.73. The molecule has 2 aliphatic heterocycles. The van der Waals surface area contributed by atoms with Crippen LogP contribution in [0.1, 0.15) is 32.6 Å². The van der Waals surface area contributed by atoms with Gasteiger partial charge in [0.25, 0.3) is 29.0 Å². The van der Waals surface area contributed by atoms with Crippen LogP contribution in [0.4, 0.5) is 4.79 Å². The first-order chi connectivity index (χ1) is 10.7. The molecule has 0 saturated carbocycles. The predicted molar refractivity (Wildman–Crippen MR) is 68.9 cm³/mol. The maximum absolute atomic E-state index is 12.1. The lowest BCUT2D eigenvalue weighted by atomic mass is 9.99. The van der Waals surface area contributed by atoms with Gasteiger partial charge in [-0.15, -0.1) is 0 Å². The molecule has 11 nitrogen and oxygen atoms in total. The van der Waals surface area contributed by atoms with E-state index in [-0.39, 0.29) is 28.6 Å². The first-order valence-electron chi connectivity index (χ1n) is 6.47. The molecule has 2 rings (SSSR count). The molecule has 2 atom stereocenters. The number of hydrogen-bond acceptors (Lipinski definition) is 8. The molecule has 4 amide bonds. The molecule has 2 aliphatic rings. The summed E-state index contributed by atoms with van der Waals surface area (Å²) in [5.41, 5.74) is -2.02. The Morgan fingerprint density at radius 3 is 2.22 bits per heavy atom. The van der Waals surface area contributed by atoms with Crippen LogP contribution >= 0.6 is 0 Å². The molecule has 0 aromatic heterocycles. The second-order valence-electron chi connectivity index (χ2n) is 4.77. The van der Waals surface area contributed by atoms with E-state index in [1.165, 1.54) is 6.92 Å². The lowest BCUT2D eigenvalue weighted by Crippen LogP contribution is -2.45. The van der Waals surface area contributed by atoms with Crippen LogP contribution in [0.25, 0.3) is 0 Å². The summed E-state index contributed by atoms with van der Waals surface area (Å²) in [6.45, 7) is 1.41. The Balaban J connectivity index is 2.13. The van der Waals surface area contributed by atoms with E-state index in [1.807, 2.05) is 0 Å².